The molecule has 2 N–H and O–H groups in total. The Morgan fingerprint density at radius 1 is 1.25 bits per heavy atom. The van der Waals surface area contributed by atoms with Crippen LogP contribution in [0.5, 0.6) is 0 Å². The van der Waals surface area contributed by atoms with Crippen molar-refractivity contribution in [3.63, 3.8) is 0 Å². The summed E-state index contributed by atoms with van der Waals surface area (Å²) in [4.78, 5) is 33.8. The Hall–Kier alpha value is -2.72. The topological polar surface area (TPSA) is 104 Å². The van der Waals surface area contributed by atoms with Gasteiger partial charge in [0.05, 0.1) is 29.1 Å². The Kier molecular flexibility index (Phi) is 7.30. The number of hydrogen-bond acceptors (Lipinski definition) is 8. The van der Waals surface area contributed by atoms with Crippen molar-refractivity contribution in [3.05, 3.63) is 51.7 Å². The number of ether oxygens (including phenoxy) is 2. The van der Waals surface area contributed by atoms with Crippen molar-refractivity contribution in [3.8, 4) is 0 Å². The van der Waals surface area contributed by atoms with E-state index in [0.29, 0.717) is 60.3 Å². The highest BCUT2D eigenvalue weighted by Gasteiger charge is 2.38. The molecule has 1 saturated heterocycles. The maximum absolute atomic E-state index is 13.3. The number of aliphatic hydroxyl groups is 1. The summed E-state index contributed by atoms with van der Waals surface area (Å²) in [5, 5.41) is 14.9. The predicted molar refractivity (Wildman–Crippen MR) is 136 cm³/mol. The summed E-state index contributed by atoms with van der Waals surface area (Å²) < 4.78 is 10.8. The summed E-state index contributed by atoms with van der Waals surface area (Å²) in [6, 6.07) is 7.05. The predicted octanol–water partition coefficient (Wildman–Crippen LogP) is 4.43. The van der Waals surface area contributed by atoms with Crippen LogP contribution in [-0.4, -0.2) is 64.8 Å². The first-order chi connectivity index (χ1) is 16.9. The highest BCUT2D eigenvalue weighted by Crippen LogP contribution is 2.38. The molecule has 0 atom stereocenters. The zero-order chi connectivity index (χ0) is 26.3. The number of fused-ring (bicyclic) bond motifs is 1. The zero-order valence-corrected chi connectivity index (χ0v) is 22.1. The summed E-state index contributed by atoms with van der Waals surface area (Å²) in [5.41, 5.74) is 1.14. The average molecular weight is 517 g/mol. The van der Waals surface area contributed by atoms with Crippen LogP contribution < -0.4 is 5.32 Å². The molecular weight excluding hydrogens is 484 g/mol. The van der Waals surface area contributed by atoms with E-state index in [1.165, 1.54) is 0 Å². The van der Waals surface area contributed by atoms with Gasteiger partial charge in [-0.15, -0.1) is 0 Å². The van der Waals surface area contributed by atoms with Crippen molar-refractivity contribution >= 4 is 35.1 Å². The monoisotopic (exact) mass is 516 g/mol. The van der Waals surface area contributed by atoms with E-state index in [-0.39, 0.29) is 6.54 Å². The fraction of sp³-hybridized carbons (Fsp3) is 0.500. The lowest BCUT2D eigenvalue weighted by Gasteiger charge is -2.34. The van der Waals surface area contributed by atoms with Crippen LogP contribution in [0.25, 0.3) is 0 Å². The zero-order valence-electron chi connectivity index (χ0n) is 21.4. The number of aromatic nitrogens is 1. The number of nitrogens with one attached hydrogen (secondary N) is 1. The largest absolute Gasteiger partial charge is 0.443 e. The van der Waals surface area contributed by atoms with Crippen LogP contribution >= 0.6 is 11.6 Å². The number of imide groups is 1. The van der Waals surface area contributed by atoms with Crippen LogP contribution in [0.2, 0.25) is 5.02 Å². The maximum Gasteiger partial charge on any atom is 0.417 e. The summed E-state index contributed by atoms with van der Waals surface area (Å²) in [5.74, 6) is 0.0326. The van der Waals surface area contributed by atoms with E-state index in [0.717, 1.165) is 16.2 Å². The molecule has 1 aromatic carbocycles. The highest BCUT2D eigenvalue weighted by molar-refractivity contribution is 6.32. The second kappa shape index (κ2) is 9.97. The van der Waals surface area contributed by atoms with Crippen molar-refractivity contribution in [1.82, 2.24) is 14.8 Å². The van der Waals surface area contributed by atoms with Gasteiger partial charge in [-0.3, -0.25) is 4.79 Å². The van der Waals surface area contributed by atoms with E-state index < -0.39 is 23.2 Å². The number of halogens is 1. The number of amides is 2. The van der Waals surface area contributed by atoms with Gasteiger partial charge in [0.1, 0.15) is 11.4 Å². The second-order valence-electron chi connectivity index (χ2n) is 10.5. The van der Waals surface area contributed by atoms with Crippen molar-refractivity contribution in [1.29, 1.82) is 0 Å². The third-order valence-corrected chi connectivity index (χ3v) is 6.52. The Morgan fingerprint density at radius 2 is 1.94 bits per heavy atom. The third-order valence-electron chi connectivity index (χ3n) is 6.17. The summed E-state index contributed by atoms with van der Waals surface area (Å²) in [6.07, 6.45) is 0.287. The first-order valence-corrected chi connectivity index (χ1v) is 12.3. The molecule has 0 aliphatic carbocycles. The maximum atomic E-state index is 13.3. The fourth-order valence-electron chi connectivity index (χ4n) is 4.49. The van der Waals surface area contributed by atoms with Crippen molar-refractivity contribution in [2.24, 2.45) is 0 Å². The van der Waals surface area contributed by atoms with E-state index in [1.54, 1.807) is 39.0 Å². The highest BCUT2D eigenvalue weighted by atomic mass is 35.5. The molecule has 0 saturated carbocycles. The Balaban J connectivity index is 1.66. The molecule has 2 amide bonds. The van der Waals surface area contributed by atoms with E-state index in [2.05, 4.69) is 5.32 Å². The van der Waals surface area contributed by atoms with Crippen LogP contribution in [0.4, 0.5) is 16.3 Å². The molecule has 1 aromatic heterocycles. The first-order valence-electron chi connectivity index (χ1n) is 12.0. The van der Waals surface area contributed by atoms with Gasteiger partial charge in [0.2, 0.25) is 0 Å². The van der Waals surface area contributed by atoms with Gasteiger partial charge < -0.3 is 24.8 Å². The normalized spacial score (nSPS) is 17.3. The number of nitrogens with zero attached hydrogens (tertiary/aromatic N) is 3. The molecular formula is C26H33ClN4O5. The van der Waals surface area contributed by atoms with Gasteiger partial charge in [-0.1, -0.05) is 17.7 Å². The number of pyridine rings is 1. The smallest absolute Gasteiger partial charge is 0.417 e. The number of carbonyl (C=O) groups is 2. The number of anilines is 2. The second-order valence-corrected chi connectivity index (χ2v) is 10.9. The van der Waals surface area contributed by atoms with E-state index in [1.807, 2.05) is 25.1 Å². The summed E-state index contributed by atoms with van der Waals surface area (Å²) in [7, 11) is 3.88. The standard InChI is InChI=1S/C26H33ClN4O5/c1-25(2,3)36-24(33)31-14-16-18(27)7-8-19(22(16)23(31)32)28-21-9-6-17(20(29-21)15-30(4)5)26(34)10-12-35-13-11-26/h6-9,34H,10-15H2,1-5H3,(H,28,29). The molecule has 3 heterocycles. The molecule has 2 aliphatic heterocycles. The number of hydrogen-bond donors (Lipinski definition) is 2. The van der Waals surface area contributed by atoms with Gasteiger partial charge in [0.25, 0.3) is 5.91 Å². The Bertz CT molecular complexity index is 1170. The van der Waals surface area contributed by atoms with Gasteiger partial charge in [-0.05, 0) is 53.1 Å². The minimum absolute atomic E-state index is 0.0325. The number of rotatable bonds is 5. The lowest BCUT2D eigenvalue weighted by Crippen LogP contribution is -2.37. The lowest BCUT2D eigenvalue weighted by molar-refractivity contribution is -0.0688. The lowest BCUT2D eigenvalue weighted by atomic mass is 9.85. The third kappa shape index (κ3) is 5.49. The van der Waals surface area contributed by atoms with Gasteiger partial charge in [0, 0.05) is 48.7 Å². The molecule has 36 heavy (non-hydrogen) atoms. The van der Waals surface area contributed by atoms with Crippen molar-refractivity contribution in [2.45, 2.75) is 57.9 Å². The van der Waals surface area contributed by atoms with Crippen LogP contribution in [0.1, 0.15) is 60.8 Å². The summed E-state index contributed by atoms with van der Waals surface area (Å²) in [6.45, 7) is 6.78. The molecule has 0 spiro atoms. The molecule has 4 rings (SSSR count). The molecule has 10 heteroatoms. The van der Waals surface area contributed by atoms with Crippen LogP contribution in [-0.2, 0) is 28.2 Å². The Morgan fingerprint density at radius 3 is 2.58 bits per heavy atom. The summed E-state index contributed by atoms with van der Waals surface area (Å²) >= 11 is 6.40. The van der Waals surface area contributed by atoms with E-state index in [9.17, 15) is 14.7 Å². The fourth-order valence-corrected chi connectivity index (χ4v) is 4.70. The number of benzene rings is 1. The van der Waals surface area contributed by atoms with Gasteiger partial charge in [-0.25, -0.2) is 14.7 Å². The molecule has 9 nitrogen and oxygen atoms in total. The number of carbonyl (C=O) groups excluding carboxylic acids is 2. The minimum atomic E-state index is -0.999. The van der Waals surface area contributed by atoms with E-state index >= 15 is 0 Å². The molecule has 2 aliphatic rings. The van der Waals surface area contributed by atoms with Crippen LogP contribution in [0, 0.1) is 0 Å². The molecule has 0 bridgehead atoms. The molecule has 2 aromatic rings. The minimum Gasteiger partial charge on any atom is -0.443 e. The molecule has 0 radical (unpaired) electrons. The Labute approximate surface area is 216 Å². The van der Waals surface area contributed by atoms with Crippen LogP contribution in [0.3, 0.4) is 0 Å². The van der Waals surface area contributed by atoms with Crippen molar-refractivity contribution in [2.75, 3.05) is 32.6 Å². The van der Waals surface area contributed by atoms with Gasteiger partial charge >= 0.3 is 6.09 Å². The van der Waals surface area contributed by atoms with Gasteiger partial charge in [0.15, 0.2) is 0 Å². The van der Waals surface area contributed by atoms with E-state index in [4.69, 9.17) is 26.1 Å². The van der Waals surface area contributed by atoms with Crippen molar-refractivity contribution < 1.29 is 24.2 Å². The molecule has 0 unspecified atom stereocenters. The molecule has 1 fully saturated rings. The first kappa shape index (κ1) is 26.3. The van der Waals surface area contributed by atoms with Crippen LogP contribution in [0.15, 0.2) is 24.3 Å². The molecule has 194 valence electrons. The van der Waals surface area contributed by atoms with Gasteiger partial charge in [-0.2, -0.15) is 0 Å². The average Bonchev–Trinajstić information content (AvgIpc) is 3.13. The quantitative estimate of drug-likeness (QED) is 0.601. The SMILES string of the molecule is CN(C)Cc1nc(Nc2ccc(Cl)c3c2C(=O)N(C(=O)OC(C)(C)C)C3)ccc1C1(O)CCOCC1.